The van der Waals surface area contributed by atoms with Gasteiger partial charge in [-0.1, -0.05) is 11.8 Å². The quantitative estimate of drug-likeness (QED) is 0.465. The molecule has 4 rings (SSSR count). The summed E-state index contributed by atoms with van der Waals surface area (Å²) in [5.74, 6) is 2.50. The maximum absolute atomic E-state index is 14.8. The highest BCUT2D eigenvalue weighted by Gasteiger charge is 2.24. The number of hydrogen-bond donors (Lipinski definition) is 2. The molecule has 0 bridgehead atoms. The third-order valence-corrected chi connectivity index (χ3v) is 5.35. The van der Waals surface area contributed by atoms with Crippen LogP contribution in [0.5, 0.6) is 5.88 Å². The van der Waals surface area contributed by atoms with E-state index in [1.807, 2.05) is 4.72 Å². The number of rotatable bonds is 4. The average Bonchev–Trinajstić information content (AvgIpc) is 3.22. The molecule has 156 valence electrons. The summed E-state index contributed by atoms with van der Waals surface area (Å²) in [7, 11) is -3.28. The second kappa shape index (κ2) is 7.96. The minimum absolute atomic E-state index is 0.107. The van der Waals surface area contributed by atoms with E-state index >= 15 is 0 Å². The topological polar surface area (TPSA) is 123 Å². The van der Waals surface area contributed by atoms with Gasteiger partial charge in [0.1, 0.15) is 5.82 Å². The van der Waals surface area contributed by atoms with E-state index in [1.54, 1.807) is 12.3 Å². The molecule has 0 radical (unpaired) electrons. The lowest BCUT2D eigenvalue weighted by Crippen LogP contribution is -2.17. The Morgan fingerprint density at radius 3 is 2.74 bits per heavy atom. The van der Waals surface area contributed by atoms with Gasteiger partial charge in [0.15, 0.2) is 22.2 Å². The maximum atomic E-state index is 14.8. The number of H-pyrrole nitrogens is 1. The number of nitrogens with zero attached hydrogens (tertiary/aromatic N) is 4. The van der Waals surface area contributed by atoms with Gasteiger partial charge in [0, 0.05) is 29.4 Å². The summed E-state index contributed by atoms with van der Waals surface area (Å²) < 4.78 is 60.4. The number of fused-ring (bicyclic) bond motifs is 1. The Labute approximate surface area is 174 Å². The van der Waals surface area contributed by atoms with Crippen LogP contribution in [0.25, 0.3) is 11.0 Å². The number of methoxy groups -OCH3 is 1. The zero-order chi connectivity index (χ0) is 22.0. The summed E-state index contributed by atoms with van der Waals surface area (Å²) >= 11 is 0. The zero-order valence-electron chi connectivity index (χ0n) is 15.7. The van der Waals surface area contributed by atoms with E-state index in [1.165, 1.54) is 25.6 Å². The molecule has 2 N–H and O–H groups in total. The molecule has 4 aromatic heterocycles. The van der Waals surface area contributed by atoms with Gasteiger partial charge in [0.05, 0.1) is 25.1 Å². The van der Waals surface area contributed by atoms with Crippen molar-refractivity contribution in [2.24, 2.45) is 0 Å². The van der Waals surface area contributed by atoms with Crippen LogP contribution in [-0.4, -0.2) is 40.7 Å². The third-order valence-electron chi connectivity index (χ3n) is 4.02. The molecule has 0 atom stereocenters. The number of hydrogen-bond acceptors (Lipinski definition) is 7. The van der Waals surface area contributed by atoms with Gasteiger partial charge in [0.2, 0.25) is 5.88 Å². The molecule has 0 unspecified atom stereocenters. The summed E-state index contributed by atoms with van der Waals surface area (Å²) in [4.78, 5) is 10.8. The number of pyridine rings is 3. The predicted octanol–water partition coefficient (Wildman–Crippen LogP) is 2.24. The standard InChI is InChI=1S/C19H12F2N6O3S/c1-30-19-15(7-14(20)10-24-19)31(28,29)27-18-16(21)12(4-5-22-18)3-2-11-6-13-9-25-26-17(13)23-8-11/h4-10H,1H3,(H,22,27)(H,23,25,26). The molecule has 0 aromatic carbocycles. The molecule has 9 nitrogen and oxygen atoms in total. The van der Waals surface area contributed by atoms with Crippen molar-refractivity contribution in [3.63, 3.8) is 0 Å². The number of ether oxygens (including phenoxy) is 1. The Morgan fingerprint density at radius 1 is 1.10 bits per heavy atom. The average molecular weight is 442 g/mol. The van der Waals surface area contributed by atoms with Gasteiger partial charge in [-0.05, 0) is 12.1 Å². The van der Waals surface area contributed by atoms with Crippen LogP contribution in [0.15, 0.2) is 47.9 Å². The lowest BCUT2D eigenvalue weighted by molar-refractivity contribution is 0.382. The molecular weight excluding hydrogens is 430 g/mol. The maximum Gasteiger partial charge on any atom is 0.268 e. The van der Waals surface area contributed by atoms with Crippen LogP contribution in [0, 0.1) is 23.5 Å². The predicted molar refractivity (Wildman–Crippen MR) is 106 cm³/mol. The SMILES string of the molecule is COc1ncc(F)cc1S(=O)(=O)Nc1nccc(C#Cc2cnc3[nH]ncc3c2)c1F. The van der Waals surface area contributed by atoms with Gasteiger partial charge < -0.3 is 4.74 Å². The summed E-state index contributed by atoms with van der Waals surface area (Å²) in [5.41, 5.74) is 0.978. The normalized spacial score (nSPS) is 11.1. The fraction of sp³-hybridized carbons (Fsp3) is 0.0526. The Bertz CT molecular complexity index is 1460. The Kier molecular flexibility index (Phi) is 5.18. The number of sulfonamides is 1. The van der Waals surface area contributed by atoms with Crippen LogP contribution >= 0.6 is 0 Å². The number of anilines is 1. The number of aromatic amines is 1. The summed E-state index contributed by atoms with van der Waals surface area (Å²) in [6, 6.07) is 3.70. The second-order valence-corrected chi connectivity index (χ2v) is 7.72. The van der Waals surface area contributed by atoms with Crippen LogP contribution in [-0.2, 0) is 10.0 Å². The van der Waals surface area contributed by atoms with Crippen LogP contribution < -0.4 is 9.46 Å². The van der Waals surface area contributed by atoms with Crippen LogP contribution in [0.3, 0.4) is 0 Å². The van der Waals surface area contributed by atoms with Crippen LogP contribution in [0.4, 0.5) is 14.6 Å². The van der Waals surface area contributed by atoms with Gasteiger partial charge in [-0.2, -0.15) is 5.10 Å². The van der Waals surface area contributed by atoms with Crippen molar-refractivity contribution in [1.82, 2.24) is 25.1 Å². The third kappa shape index (κ3) is 4.12. The summed E-state index contributed by atoms with van der Waals surface area (Å²) in [6.45, 7) is 0. The van der Waals surface area contributed by atoms with Gasteiger partial charge >= 0.3 is 0 Å². The van der Waals surface area contributed by atoms with E-state index in [0.29, 0.717) is 17.3 Å². The van der Waals surface area contributed by atoms with Crippen LogP contribution in [0.2, 0.25) is 0 Å². The largest absolute Gasteiger partial charge is 0.480 e. The van der Waals surface area contributed by atoms with Gasteiger partial charge in [0.25, 0.3) is 10.0 Å². The zero-order valence-corrected chi connectivity index (χ0v) is 16.5. The molecule has 0 spiro atoms. The van der Waals surface area contributed by atoms with E-state index in [2.05, 4.69) is 37.0 Å². The monoisotopic (exact) mass is 442 g/mol. The molecule has 0 fully saturated rings. The summed E-state index contributed by atoms with van der Waals surface area (Å²) in [6.07, 6.45) is 5.04. The van der Waals surface area contributed by atoms with Crippen molar-refractivity contribution in [2.45, 2.75) is 4.90 Å². The van der Waals surface area contributed by atoms with Crippen molar-refractivity contribution in [2.75, 3.05) is 11.8 Å². The van der Waals surface area contributed by atoms with Crippen molar-refractivity contribution in [1.29, 1.82) is 0 Å². The lowest BCUT2D eigenvalue weighted by atomic mass is 10.2. The van der Waals surface area contributed by atoms with E-state index in [4.69, 9.17) is 4.74 Å². The molecule has 4 heterocycles. The molecule has 4 aromatic rings. The highest BCUT2D eigenvalue weighted by atomic mass is 32.2. The van der Waals surface area contributed by atoms with E-state index < -0.39 is 32.4 Å². The molecule has 0 saturated carbocycles. The minimum atomic E-state index is -4.45. The molecule has 0 saturated heterocycles. The minimum Gasteiger partial charge on any atom is -0.480 e. The van der Waals surface area contributed by atoms with E-state index in [0.717, 1.165) is 11.6 Å². The molecule has 0 aliphatic heterocycles. The van der Waals surface area contributed by atoms with Crippen molar-refractivity contribution in [3.05, 3.63) is 65.7 Å². The van der Waals surface area contributed by atoms with E-state index in [-0.39, 0.29) is 11.4 Å². The lowest BCUT2D eigenvalue weighted by Gasteiger charge is -2.11. The Balaban J connectivity index is 1.66. The molecular formula is C19H12F2N6O3S. The number of nitrogens with one attached hydrogen (secondary N) is 2. The van der Waals surface area contributed by atoms with Gasteiger partial charge in [-0.15, -0.1) is 0 Å². The first-order valence-electron chi connectivity index (χ1n) is 8.55. The molecule has 0 aliphatic carbocycles. The first-order chi connectivity index (χ1) is 14.9. The van der Waals surface area contributed by atoms with Gasteiger partial charge in [-0.3, -0.25) is 9.82 Å². The van der Waals surface area contributed by atoms with Gasteiger partial charge in [-0.25, -0.2) is 32.2 Å². The molecule has 0 aliphatic rings. The van der Waals surface area contributed by atoms with Crippen molar-refractivity contribution >= 4 is 26.9 Å². The smallest absolute Gasteiger partial charge is 0.268 e. The molecule has 0 amide bonds. The Hall–Kier alpha value is -4.11. The fourth-order valence-electron chi connectivity index (χ4n) is 2.59. The van der Waals surface area contributed by atoms with Crippen molar-refractivity contribution < 1.29 is 21.9 Å². The van der Waals surface area contributed by atoms with Crippen LogP contribution in [0.1, 0.15) is 11.1 Å². The second-order valence-electron chi connectivity index (χ2n) is 6.07. The number of aromatic nitrogens is 5. The first kappa shape index (κ1) is 20.2. The fourth-order valence-corrected chi connectivity index (χ4v) is 3.73. The Morgan fingerprint density at radius 2 is 1.94 bits per heavy atom. The summed E-state index contributed by atoms with van der Waals surface area (Å²) in [5, 5.41) is 7.29. The van der Waals surface area contributed by atoms with E-state index in [9.17, 15) is 17.2 Å². The molecule has 12 heteroatoms. The highest BCUT2D eigenvalue weighted by Crippen LogP contribution is 2.25. The highest BCUT2D eigenvalue weighted by molar-refractivity contribution is 7.92. The first-order valence-corrected chi connectivity index (χ1v) is 10.0. The van der Waals surface area contributed by atoms with Crippen molar-refractivity contribution in [3.8, 4) is 17.7 Å². The molecule has 31 heavy (non-hydrogen) atoms. The number of halogens is 2.